The van der Waals surface area contributed by atoms with Crippen molar-refractivity contribution in [2.45, 2.75) is 26.4 Å². The zero-order valence-corrected chi connectivity index (χ0v) is 18.3. The third-order valence-corrected chi connectivity index (χ3v) is 5.51. The molecule has 158 valence electrons. The van der Waals surface area contributed by atoms with E-state index in [0.29, 0.717) is 0 Å². The highest BCUT2D eigenvalue weighted by Crippen LogP contribution is 2.23. The summed E-state index contributed by atoms with van der Waals surface area (Å²) in [6.45, 7) is 10.1. The number of nitrogens with one attached hydrogen (secondary N) is 1. The van der Waals surface area contributed by atoms with Crippen LogP contribution in [-0.4, -0.2) is 66.8 Å². The molecule has 1 unspecified atom stereocenters. The zero-order chi connectivity index (χ0) is 20.6. The number of rotatable bonds is 7. The molecule has 0 aliphatic carbocycles. The number of aromatic nitrogens is 1. The van der Waals surface area contributed by atoms with Crippen molar-refractivity contribution in [2.24, 2.45) is 12.0 Å². The number of ether oxygens (including phenoxy) is 1. The molecule has 1 aliphatic rings. The fraction of sp³-hybridized carbons (Fsp3) is 0.522. The van der Waals surface area contributed by atoms with Crippen molar-refractivity contribution in [1.29, 1.82) is 0 Å². The predicted octanol–water partition coefficient (Wildman–Crippen LogP) is 2.80. The third kappa shape index (κ3) is 5.84. The van der Waals surface area contributed by atoms with E-state index in [1.54, 1.807) is 0 Å². The molecule has 1 aromatic carbocycles. The van der Waals surface area contributed by atoms with Gasteiger partial charge in [0.2, 0.25) is 0 Å². The molecule has 1 saturated heterocycles. The quantitative estimate of drug-likeness (QED) is 0.576. The number of guanidine groups is 1. The van der Waals surface area contributed by atoms with Crippen LogP contribution in [0.25, 0.3) is 0 Å². The first-order valence-electron chi connectivity index (χ1n) is 10.6. The lowest BCUT2D eigenvalue weighted by Crippen LogP contribution is -2.42. The lowest BCUT2D eigenvalue weighted by molar-refractivity contribution is 0.0179. The molecule has 2 aromatic rings. The van der Waals surface area contributed by atoms with E-state index in [2.05, 4.69) is 90.2 Å². The predicted molar refractivity (Wildman–Crippen MR) is 119 cm³/mol. The second kappa shape index (κ2) is 10.5. The summed E-state index contributed by atoms with van der Waals surface area (Å²) in [7, 11) is 4.18. The van der Waals surface area contributed by atoms with Crippen LogP contribution < -0.4 is 5.32 Å². The summed E-state index contributed by atoms with van der Waals surface area (Å²) in [6.07, 6.45) is 2.08. The Bertz CT molecular complexity index is 777. The summed E-state index contributed by atoms with van der Waals surface area (Å²) in [5, 5.41) is 3.46. The second-order valence-electron chi connectivity index (χ2n) is 7.74. The van der Waals surface area contributed by atoms with Gasteiger partial charge in [-0.15, -0.1) is 0 Å². The minimum atomic E-state index is 0.261. The van der Waals surface area contributed by atoms with Crippen molar-refractivity contribution in [3.8, 4) is 0 Å². The normalized spacial score (nSPS) is 16.6. The monoisotopic (exact) mass is 397 g/mol. The van der Waals surface area contributed by atoms with E-state index in [1.165, 1.54) is 16.8 Å². The maximum atomic E-state index is 5.58. The molecule has 1 atom stereocenters. The Hall–Kier alpha value is -2.31. The van der Waals surface area contributed by atoms with Gasteiger partial charge >= 0.3 is 0 Å². The minimum Gasteiger partial charge on any atom is -0.379 e. The number of morpholine rings is 1. The molecule has 2 heterocycles. The number of aryl methyl sites for hydroxylation is 2. The van der Waals surface area contributed by atoms with Crippen LogP contribution in [0.2, 0.25) is 0 Å². The zero-order valence-electron chi connectivity index (χ0n) is 18.3. The Morgan fingerprint density at radius 2 is 1.93 bits per heavy atom. The molecule has 0 radical (unpaired) electrons. The number of benzene rings is 1. The molecule has 0 amide bonds. The molecular weight excluding hydrogens is 362 g/mol. The molecule has 0 bridgehead atoms. The first kappa shape index (κ1) is 21.4. The number of hydrogen-bond donors (Lipinski definition) is 1. The average molecular weight is 398 g/mol. The van der Waals surface area contributed by atoms with Gasteiger partial charge in [0.1, 0.15) is 0 Å². The highest BCUT2D eigenvalue weighted by atomic mass is 16.5. The molecule has 6 nitrogen and oxygen atoms in total. The lowest BCUT2D eigenvalue weighted by Gasteiger charge is -2.34. The summed E-state index contributed by atoms with van der Waals surface area (Å²) in [6, 6.07) is 13.4. The Kier molecular flexibility index (Phi) is 7.72. The van der Waals surface area contributed by atoms with Gasteiger partial charge in [-0.1, -0.05) is 29.8 Å². The van der Waals surface area contributed by atoms with Gasteiger partial charge in [0.05, 0.1) is 32.3 Å². The lowest BCUT2D eigenvalue weighted by atomic mass is 10.0. The van der Waals surface area contributed by atoms with E-state index in [4.69, 9.17) is 9.73 Å². The summed E-state index contributed by atoms with van der Waals surface area (Å²) in [4.78, 5) is 9.73. The molecule has 0 spiro atoms. The van der Waals surface area contributed by atoms with Crippen molar-refractivity contribution in [1.82, 2.24) is 19.7 Å². The molecule has 1 N–H and O–H groups in total. The van der Waals surface area contributed by atoms with Crippen LogP contribution in [0.1, 0.15) is 29.8 Å². The van der Waals surface area contributed by atoms with E-state index < -0.39 is 0 Å². The summed E-state index contributed by atoms with van der Waals surface area (Å²) < 4.78 is 7.73. The smallest absolute Gasteiger partial charge is 0.194 e. The van der Waals surface area contributed by atoms with Gasteiger partial charge in [-0.2, -0.15) is 0 Å². The van der Waals surface area contributed by atoms with Gasteiger partial charge in [0, 0.05) is 45.6 Å². The van der Waals surface area contributed by atoms with E-state index in [9.17, 15) is 0 Å². The molecule has 1 fully saturated rings. The van der Waals surface area contributed by atoms with Gasteiger partial charge in [-0.25, -0.2) is 0 Å². The van der Waals surface area contributed by atoms with Crippen LogP contribution in [0, 0.1) is 6.92 Å². The SMILES string of the molecule is CCNC(=NCC(c1ccc(C)cc1)N1CCOCC1)N(C)Cc1cccn1C. The number of nitrogens with zero attached hydrogens (tertiary/aromatic N) is 4. The minimum absolute atomic E-state index is 0.261. The van der Waals surface area contributed by atoms with E-state index in [0.717, 1.165) is 51.9 Å². The van der Waals surface area contributed by atoms with Crippen LogP contribution in [0.4, 0.5) is 0 Å². The summed E-state index contributed by atoms with van der Waals surface area (Å²) >= 11 is 0. The Morgan fingerprint density at radius 3 is 2.55 bits per heavy atom. The Labute approximate surface area is 175 Å². The molecule has 29 heavy (non-hydrogen) atoms. The van der Waals surface area contributed by atoms with Crippen molar-refractivity contribution in [2.75, 3.05) is 46.4 Å². The molecule has 1 aliphatic heterocycles. The van der Waals surface area contributed by atoms with E-state index in [-0.39, 0.29) is 6.04 Å². The van der Waals surface area contributed by atoms with Crippen molar-refractivity contribution in [3.63, 3.8) is 0 Å². The Morgan fingerprint density at radius 1 is 1.21 bits per heavy atom. The first-order valence-corrected chi connectivity index (χ1v) is 10.6. The summed E-state index contributed by atoms with van der Waals surface area (Å²) in [5.74, 6) is 0.944. The first-order chi connectivity index (χ1) is 14.1. The fourth-order valence-electron chi connectivity index (χ4n) is 3.73. The topological polar surface area (TPSA) is 45.0 Å². The highest BCUT2D eigenvalue weighted by Gasteiger charge is 2.23. The van der Waals surface area contributed by atoms with Crippen LogP contribution in [0.5, 0.6) is 0 Å². The molecule has 0 saturated carbocycles. The number of aliphatic imine (C=N–C) groups is 1. The second-order valence-corrected chi connectivity index (χ2v) is 7.74. The number of hydrogen-bond acceptors (Lipinski definition) is 3. The van der Waals surface area contributed by atoms with Crippen LogP contribution in [0.3, 0.4) is 0 Å². The molecular formula is C23H35N5O. The van der Waals surface area contributed by atoms with Crippen molar-refractivity contribution in [3.05, 3.63) is 59.4 Å². The van der Waals surface area contributed by atoms with E-state index in [1.807, 2.05) is 0 Å². The third-order valence-electron chi connectivity index (χ3n) is 5.51. The van der Waals surface area contributed by atoms with Crippen molar-refractivity contribution >= 4 is 5.96 Å². The van der Waals surface area contributed by atoms with Crippen LogP contribution in [-0.2, 0) is 18.3 Å². The molecule has 6 heteroatoms. The maximum Gasteiger partial charge on any atom is 0.194 e. The molecule has 3 rings (SSSR count). The Balaban J connectivity index is 1.78. The summed E-state index contributed by atoms with van der Waals surface area (Å²) in [5.41, 5.74) is 3.87. The van der Waals surface area contributed by atoms with Gasteiger partial charge < -0.3 is 19.5 Å². The highest BCUT2D eigenvalue weighted by molar-refractivity contribution is 5.79. The van der Waals surface area contributed by atoms with Gasteiger partial charge in [-0.3, -0.25) is 9.89 Å². The standard InChI is InChI=1S/C23H35N5O/c1-5-24-23(27(4)18-21-7-6-12-26(21)3)25-17-22(28-13-15-29-16-14-28)20-10-8-19(2)9-11-20/h6-12,22H,5,13-18H2,1-4H3,(H,24,25). The molecule has 1 aromatic heterocycles. The van der Waals surface area contributed by atoms with Gasteiger partial charge in [-0.05, 0) is 31.5 Å². The average Bonchev–Trinajstić information content (AvgIpc) is 3.13. The fourth-order valence-corrected chi connectivity index (χ4v) is 3.73. The van der Waals surface area contributed by atoms with E-state index >= 15 is 0 Å². The van der Waals surface area contributed by atoms with Crippen LogP contribution in [0.15, 0.2) is 47.6 Å². The van der Waals surface area contributed by atoms with Crippen molar-refractivity contribution < 1.29 is 4.74 Å². The maximum absolute atomic E-state index is 5.58. The van der Waals surface area contributed by atoms with Gasteiger partial charge in [0.25, 0.3) is 0 Å². The largest absolute Gasteiger partial charge is 0.379 e. The van der Waals surface area contributed by atoms with Crippen LogP contribution >= 0.6 is 0 Å². The van der Waals surface area contributed by atoms with Gasteiger partial charge in [0.15, 0.2) is 5.96 Å².